The van der Waals surface area contributed by atoms with Crippen LogP contribution in [0.4, 0.5) is 0 Å². The number of hydrogen-bond acceptors (Lipinski definition) is 4. The van der Waals surface area contributed by atoms with E-state index in [9.17, 15) is 13.2 Å². The first-order valence-electron chi connectivity index (χ1n) is 4.85. The highest BCUT2D eigenvalue weighted by atomic mass is 32.2. The summed E-state index contributed by atoms with van der Waals surface area (Å²) >= 11 is 0. The van der Waals surface area contributed by atoms with E-state index in [0.717, 1.165) is 5.56 Å². The molecule has 0 radical (unpaired) electrons. The molecule has 0 aliphatic heterocycles. The van der Waals surface area contributed by atoms with E-state index >= 15 is 0 Å². The van der Waals surface area contributed by atoms with Crippen molar-refractivity contribution < 1.29 is 13.2 Å². The molecule has 0 saturated carbocycles. The van der Waals surface area contributed by atoms with Crippen LogP contribution < -0.4 is 4.72 Å². The van der Waals surface area contributed by atoms with Gasteiger partial charge in [-0.15, -0.1) is 0 Å². The second kappa shape index (κ2) is 5.72. The number of sulfonamides is 1. The number of hydrogen-bond donors (Lipinski definition) is 1. The summed E-state index contributed by atoms with van der Waals surface area (Å²) in [5.74, 6) is -0.225. The quantitative estimate of drug-likeness (QED) is 0.769. The van der Waals surface area contributed by atoms with Crippen LogP contribution in [0, 0.1) is 0 Å². The molecule has 0 unspecified atom stereocenters. The molecule has 1 rings (SSSR count). The van der Waals surface area contributed by atoms with E-state index in [1.54, 1.807) is 24.5 Å². The number of nitrogens with one attached hydrogen (secondary N) is 1. The largest absolute Gasteiger partial charge is 0.299 e. The first-order valence-corrected chi connectivity index (χ1v) is 6.50. The lowest BCUT2D eigenvalue weighted by molar-refractivity contribution is -0.115. The maximum atomic E-state index is 11.4. The molecule has 0 fully saturated rings. The number of ketones is 1. The Morgan fingerprint density at radius 1 is 1.38 bits per heavy atom. The van der Waals surface area contributed by atoms with E-state index in [0.29, 0.717) is 6.42 Å². The Bertz CT molecular complexity index is 442. The van der Waals surface area contributed by atoms with Crippen molar-refractivity contribution in [1.82, 2.24) is 9.71 Å². The second-order valence-corrected chi connectivity index (χ2v) is 5.37. The van der Waals surface area contributed by atoms with Crippen molar-refractivity contribution in [3.63, 3.8) is 0 Å². The average molecular weight is 242 g/mol. The van der Waals surface area contributed by atoms with Crippen LogP contribution in [0.3, 0.4) is 0 Å². The predicted octanol–water partition coefficient (Wildman–Crippen LogP) is 0.132. The SMILES string of the molecule is CC(=O)CNS(=O)(=O)CCc1ccncc1. The Morgan fingerprint density at radius 3 is 2.56 bits per heavy atom. The summed E-state index contributed by atoms with van der Waals surface area (Å²) in [5.41, 5.74) is 0.906. The molecule has 1 N–H and O–H groups in total. The van der Waals surface area contributed by atoms with Crippen LogP contribution in [-0.4, -0.2) is 31.5 Å². The average Bonchev–Trinajstić information content (AvgIpc) is 2.26. The first-order chi connectivity index (χ1) is 7.49. The van der Waals surface area contributed by atoms with Gasteiger partial charge in [0.05, 0.1) is 12.3 Å². The van der Waals surface area contributed by atoms with Crippen LogP contribution in [0.15, 0.2) is 24.5 Å². The van der Waals surface area contributed by atoms with E-state index in [2.05, 4.69) is 9.71 Å². The third-order valence-corrected chi connectivity index (χ3v) is 3.28. The van der Waals surface area contributed by atoms with Crippen LogP contribution in [0.1, 0.15) is 12.5 Å². The Hall–Kier alpha value is -1.27. The van der Waals surface area contributed by atoms with Gasteiger partial charge in [-0.1, -0.05) is 0 Å². The summed E-state index contributed by atoms with van der Waals surface area (Å²) < 4.78 is 25.1. The molecule has 16 heavy (non-hydrogen) atoms. The van der Waals surface area contributed by atoms with Gasteiger partial charge in [0.25, 0.3) is 0 Å². The van der Waals surface area contributed by atoms with Crippen molar-refractivity contribution in [3.05, 3.63) is 30.1 Å². The van der Waals surface area contributed by atoms with Crippen molar-refractivity contribution >= 4 is 15.8 Å². The van der Waals surface area contributed by atoms with Gasteiger partial charge in [0, 0.05) is 12.4 Å². The standard InChI is InChI=1S/C10H14N2O3S/c1-9(13)8-12-16(14,15)7-4-10-2-5-11-6-3-10/h2-3,5-6,12H,4,7-8H2,1H3. The van der Waals surface area contributed by atoms with Crippen molar-refractivity contribution in [3.8, 4) is 0 Å². The molecular weight excluding hydrogens is 228 g/mol. The Kier molecular flexibility index (Phi) is 4.57. The maximum Gasteiger partial charge on any atom is 0.212 e. The van der Waals surface area contributed by atoms with Gasteiger partial charge in [0.15, 0.2) is 0 Å². The van der Waals surface area contributed by atoms with E-state index < -0.39 is 10.0 Å². The van der Waals surface area contributed by atoms with Gasteiger partial charge >= 0.3 is 0 Å². The lowest BCUT2D eigenvalue weighted by atomic mass is 10.2. The third-order valence-electron chi connectivity index (χ3n) is 1.95. The van der Waals surface area contributed by atoms with Gasteiger partial charge in [-0.2, -0.15) is 0 Å². The van der Waals surface area contributed by atoms with Crippen molar-refractivity contribution in [2.45, 2.75) is 13.3 Å². The lowest BCUT2D eigenvalue weighted by Crippen LogP contribution is -2.31. The number of aryl methyl sites for hydroxylation is 1. The zero-order valence-corrected chi connectivity index (χ0v) is 9.83. The van der Waals surface area contributed by atoms with Gasteiger partial charge in [-0.25, -0.2) is 13.1 Å². The fourth-order valence-corrected chi connectivity index (χ4v) is 2.16. The predicted molar refractivity (Wildman–Crippen MR) is 60.4 cm³/mol. The molecule has 1 heterocycles. The van der Waals surface area contributed by atoms with E-state index in [4.69, 9.17) is 0 Å². The van der Waals surface area contributed by atoms with E-state index in [1.165, 1.54) is 6.92 Å². The molecule has 0 atom stereocenters. The molecule has 6 heteroatoms. The molecule has 0 spiro atoms. The minimum Gasteiger partial charge on any atom is -0.299 e. The number of carbonyl (C=O) groups is 1. The van der Waals surface area contributed by atoms with Gasteiger partial charge < -0.3 is 0 Å². The molecule has 0 aromatic carbocycles. The van der Waals surface area contributed by atoms with Crippen LogP contribution >= 0.6 is 0 Å². The fourth-order valence-electron chi connectivity index (χ4n) is 1.09. The van der Waals surface area contributed by atoms with Gasteiger partial charge in [0.1, 0.15) is 5.78 Å². The lowest BCUT2D eigenvalue weighted by Gasteiger charge is -2.04. The highest BCUT2D eigenvalue weighted by Crippen LogP contribution is 1.99. The molecule has 0 amide bonds. The second-order valence-electron chi connectivity index (χ2n) is 3.45. The third kappa shape index (κ3) is 4.99. The van der Waals surface area contributed by atoms with Crippen LogP contribution in [0.5, 0.6) is 0 Å². The molecule has 0 saturated heterocycles. The highest BCUT2D eigenvalue weighted by molar-refractivity contribution is 7.89. The number of carbonyl (C=O) groups excluding carboxylic acids is 1. The molecule has 0 aliphatic carbocycles. The molecule has 0 aliphatic rings. The summed E-state index contributed by atoms with van der Waals surface area (Å²) in [4.78, 5) is 14.5. The monoisotopic (exact) mass is 242 g/mol. The maximum absolute atomic E-state index is 11.4. The summed E-state index contributed by atoms with van der Waals surface area (Å²) in [6.07, 6.45) is 3.64. The molecule has 5 nitrogen and oxygen atoms in total. The van der Waals surface area contributed by atoms with Crippen molar-refractivity contribution in [2.75, 3.05) is 12.3 Å². The van der Waals surface area contributed by atoms with Gasteiger partial charge in [0.2, 0.25) is 10.0 Å². The molecular formula is C10H14N2O3S. The van der Waals surface area contributed by atoms with Crippen molar-refractivity contribution in [2.24, 2.45) is 0 Å². The van der Waals surface area contributed by atoms with Crippen LogP contribution in [0.25, 0.3) is 0 Å². The van der Waals surface area contributed by atoms with E-state index in [1.807, 2.05) is 0 Å². The Morgan fingerprint density at radius 2 is 2.00 bits per heavy atom. The smallest absolute Gasteiger partial charge is 0.212 e. The molecule has 1 aromatic rings. The number of nitrogens with zero attached hydrogens (tertiary/aromatic N) is 1. The molecule has 0 bridgehead atoms. The summed E-state index contributed by atoms with van der Waals surface area (Å²) in [6, 6.07) is 3.53. The number of rotatable bonds is 6. The fraction of sp³-hybridized carbons (Fsp3) is 0.400. The summed E-state index contributed by atoms with van der Waals surface area (Å²) in [7, 11) is -3.37. The molecule has 1 aromatic heterocycles. The number of Topliss-reactive ketones (excluding diaryl/α,β-unsaturated/α-hetero) is 1. The van der Waals surface area contributed by atoms with Crippen LogP contribution in [0.2, 0.25) is 0 Å². The summed E-state index contributed by atoms with van der Waals surface area (Å²) in [5, 5.41) is 0. The Labute approximate surface area is 94.9 Å². The number of pyridine rings is 1. The first kappa shape index (κ1) is 12.8. The highest BCUT2D eigenvalue weighted by Gasteiger charge is 2.10. The minimum absolute atomic E-state index is 0.0235. The zero-order chi connectivity index (χ0) is 12.0. The molecule has 88 valence electrons. The van der Waals surface area contributed by atoms with E-state index in [-0.39, 0.29) is 18.1 Å². The number of aromatic nitrogens is 1. The normalized spacial score (nSPS) is 11.3. The van der Waals surface area contributed by atoms with Gasteiger partial charge in [-0.3, -0.25) is 9.78 Å². The van der Waals surface area contributed by atoms with Crippen molar-refractivity contribution in [1.29, 1.82) is 0 Å². The van der Waals surface area contributed by atoms with Crippen LogP contribution in [-0.2, 0) is 21.2 Å². The minimum atomic E-state index is -3.37. The topological polar surface area (TPSA) is 76.1 Å². The summed E-state index contributed by atoms with van der Waals surface area (Å²) in [6.45, 7) is 1.20. The van der Waals surface area contributed by atoms with Gasteiger partial charge in [-0.05, 0) is 31.0 Å². The zero-order valence-electron chi connectivity index (χ0n) is 9.01. The Balaban J connectivity index is 2.45.